The number of aliphatic carboxylic acids is 1. The SMILES string of the molecule is N=C1CCCc2cc(OCCCC(=O)O)ccc21. The molecule has 0 heterocycles. The largest absolute Gasteiger partial charge is 0.494 e. The average molecular weight is 247 g/mol. The highest BCUT2D eigenvalue weighted by atomic mass is 16.5. The highest BCUT2D eigenvalue weighted by molar-refractivity contribution is 6.00. The topological polar surface area (TPSA) is 70.4 Å². The van der Waals surface area contributed by atoms with E-state index in [9.17, 15) is 4.79 Å². The molecule has 0 spiro atoms. The summed E-state index contributed by atoms with van der Waals surface area (Å²) in [6.07, 6.45) is 3.52. The van der Waals surface area contributed by atoms with E-state index in [-0.39, 0.29) is 6.42 Å². The number of carboxylic acid groups (broad SMARTS) is 1. The highest BCUT2D eigenvalue weighted by Gasteiger charge is 2.14. The van der Waals surface area contributed by atoms with Crippen molar-refractivity contribution in [3.63, 3.8) is 0 Å². The van der Waals surface area contributed by atoms with E-state index >= 15 is 0 Å². The number of benzene rings is 1. The third-order valence-electron chi connectivity index (χ3n) is 3.08. The average Bonchev–Trinajstić information content (AvgIpc) is 2.35. The van der Waals surface area contributed by atoms with Crippen LogP contribution in [0.4, 0.5) is 0 Å². The summed E-state index contributed by atoms with van der Waals surface area (Å²) in [5.41, 5.74) is 2.90. The number of aryl methyl sites for hydroxylation is 1. The van der Waals surface area contributed by atoms with Crippen LogP contribution in [-0.4, -0.2) is 23.4 Å². The van der Waals surface area contributed by atoms with Crippen molar-refractivity contribution in [2.45, 2.75) is 32.1 Å². The van der Waals surface area contributed by atoms with Crippen molar-refractivity contribution in [1.82, 2.24) is 0 Å². The molecule has 0 atom stereocenters. The summed E-state index contributed by atoms with van der Waals surface area (Å²) in [4.78, 5) is 10.4. The van der Waals surface area contributed by atoms with E-state index in [4.69, 9.17) is 15.3 Å². The van der Waals surface area contributed by atoms with Gasteiger partial charge in [-0.1, -0.05) is 0 Å². The molecule has 0 unspecified atom stereocenters. The van der Waals surface area contributed by atoms with Crippen LogP contribution in [0.2, 0.25) is 0 Å². The fourth-order valence-corrected chi connectivity index (χ4v) is 2.16. The molecular weight excluding hydrogens is 230 g/mol. The van der Waals surface area contributed by atoms with Crippen molar-refractivity contribution in [1.29, 1.82) is 5.41 Å². The first-order valence-electron chi connectivity index (χ1n) is 6.22. The monoisotopic (exact) mass is 247 g/mol. The van der Waals surface area contributed by atoms with Gasteiger partial charge in [-0.2, -0.15) is 0 Å². The summed E-state index contributed by atoms with van der Waals surface area (Å²) in [6, 6.07) is 5.77. The fraction of sp³-hybridized carbons (Fsp3) is 0.429. The molecule has 18 heavy (non-hydrogen) atoms. The van der Waals surface area contributed by atoms with Gasteiger partial charge in [0.1, 0.15) is 5.75 Å². The molecule has 1 aliphatic carbocycles. The van der Waals surface area contributed by atoms with E-state index < -0.39 is 5.97 Å². The van der Waals surface area contributed by atoms with Gasteiger partial charge in [0.05, 0.1) is 6.61 Å². The molecule has 0 saturated heterocycles. The third kappa shape index (κ3) is 3.09. The Morgan fingerprint density at radius 2 is 2.22 bits per heavy atom. The predicted molar refractivity (Wildman–Crippen MR) is 68.6 cm³/mol. The Morgan fingerprint density at radius 1 is 1.39 bits per heavy atom. The van der Waals surface area contributed by atoms with E-state index in [1.807, 2.05) is 18.2 Å². The quantitative estimate of drug-likeness (QED) is 0.786. The minimum absolute atomic E-state index is 0.135. The van der Waals surface area contributed by atoms with Crippen LogP contribution in [0.5, 0.6) is 5.75 Å². The molecule has 0 saturated carbocycles. The van der Waals surface area contributed by atoms with Gasteiger partial charge >= 0.3 is 5.97 Å². The maximum Gasteiger partial charge on any atom is 0.303 e. The van der Waals surface area contributed by atoms with E-state index in [0.717, 1.165) is 30.6 Å². The Morgan fingerprint density at radius 3 is 3.00 bits per heavy atom. The van der Waals surface area contributed by atoms with Crippen molar-refractivity contribution in [3.8, 4) is 5.75 Å². The zero-order valence-corrected chi connectivity index (χ0v) is 10.2. The van der Waals surface area contributed by atoms with Crippen molar-refractivity contribution in [3.05, 3.63) is 29.3 Å². The number of carbonyl (C=O) groups is 1. The van der Waals surface area contributed by atoms with Gasteiger partial charge in [0, 0.05) is 12.1 Å². The van der Waals surface area contributed by atoms with Crippen LogP contribution < -0.4 is 4.74 Å². The maximum atomic E-state index is 10.4. The van der Waals surface area contributed by atoms with E-state index in [0.29, 0.717) is 18.7 Å². The van der Waals surface area contributed by atoms with Crippen molar-refractivity contribution in [2.24, 2.45) is 0 Å². The smallest absolute Gasteiger partial charge is 0.303 e. The van der Waals surface area contributed by atoms with Gasteiger partial charge in [0.2, 0.25) is 0 Å². The molecule has 1 aliphatic rings. The Bertz CT molecular complexity index is 468. The summed E-state index contributed by atoms with van der Waals surface area (Å²) >= 11 is 0. The molecule has 4 heteroatoms. The summed E-state index contributed by atoms with van der Waals surface area (Å²) in [6.45, 7) is 0.419. The van der Waals surface area contributed by atoms with Crippen molar-refractivity contribution >= 4 is 11.7 Å². The molecule has 0 amide bonds. The second-order valence-corrected chi connectivity index (χ2v) is 4.50. The van der Waals surface area contributed by atoms with Crippen molar-refractivity contribution < 1.29 is 14.6 Å². The summed E-state index contributed by atoms with van der Waals surface area (Å²) < 4.78 is 5.52. The minimum Gasteiger partial charge on any atom is -0.494 e. The standard InChI is InChI=1S/C14H17NO3/c15-13-4-1-3-10-9-11(6-7-12(10)13)18-8-2-5-14(16)17/h6-7,9,15H,1-5,8H2,(H,16,17). The summed E-state index contributed by atoms with van der Waals surface area (Å²) in [5, 5.41) is 16.4. The Labute approximate surface area is 106 Å². The van der Waals surface area contributed by atoms with Gasteiger partial charge in [-0.3, -0.25) is 4.79 Å². The third-order valence-corrected chi connectivity index (χ3v) is 3.08. The number of carboxylic acids is 1. The first-order chi connectivity index (χ1) is 8.66. The Balaban J connectivity index is 1.94. The fourth-order valence-electron chi connectivity index (χ4n) is 2.16. The molecular formula is C14H17NO3. The molecule has 2 N–H and O–H groups in total. The molecule has 0 bridgehead atoms. The molecule has 4 nitrogen and oxygen atoms in total. The van der Waals surface area contributed by atoms with Crippen LogP contribution >= 0.6 is 0 Å². The van der Waals surface area contributed by atoms with Crippen LogP contribution in [0.25, 0.3) is 0 Å². The molecule has 0 aliphatic heterocycles. The van der Waals surface area contributed by atoms with Crippen LogP contribution in [0.3, 0.4) is 0 Å². The lowest BCUT2D eigenvalue weighted by Crippen LogP contribution is -2.11. The van der Waals surface area contributed by atoms with Gasteiger partial charge in [-0.15, -0.1) is 0 Å². The lowest BCUT2D eigenvalue weighted by Gasteiger charge is -2.17. The first kappa shape index (κ1) is 12.6. The molecule has 2 rings (SSSR count). The summed E-state index contributed by atoms with van der Waals surface area (Å²) in [7, 11) is 0. The van der Waals surface area contributed by atoms with Crippen LogP contribution in [0, 0.1) is 5.41 Å². The number of ether oxygens (including phenoxy) is 1. The molecule has 1 aromatic carbocycles. The summed E-state index contributed by atoms with van der Waals surface area (Å²) in [5.74, 6) is -0.0219. The van der Waals surface area contributed by atoms with Gasteiger partial charge in [0.25, 0.3) is 0 Å². The number of hydrogen-bond donors (Lipinski definition) is 2. The maximum absolute atomic E-state index is 10.4. The zero-order chi connectivity index (χ0) is 13.0. The number of rotatable bonds is 5. The normalized spacial score (nSPS) is 14.1. The van der Waals surface area contributed by atoms with E-state index in [1.54, 1.807) is 0 Å². The number of nitrogens with one attached hydrogen (secondary N) is 1. The first-order valence-corrected chi connectivity index (χ1v) is 6.22. The van der Waals surface area contributed by atoms with Crippen molar-refractivity contribution in [2.75, 3.05) is 6.61 Å². The lowest BCUT2D eigenvalue weighted by atomic mass is 9.90. The van der Waals surface area contributed by atoms with Crippen LogP contribution in [0.15, 0.2) is 18.2 Å². The lowest BCUT2D eigenvalue weighted by molar-refractivity contribution is -0.137. The Hall–Kier alpha value is -1.84. The molecule has 0 radical (unpaired) electrons. The zero-order valence-electron chi connectivity index (χ0n) is 10.2. The van der Waals surface area contributed by atoms with Gasteiger partial charge < -0.3 is 15.3 Å². The highest BCUT2D eigenvalue weighted by Crippen LogP contribution is 2.25. The minimum atomic E-state index is -0.794. The second kappa shape index (κ2) is 5.67. The van der Waals surface area contributed by atoms with Crippen LogP contribution in [-0.2, 0) is 11.2 Å². The van der Waals surface area contributed by atoms with E-state index in [2.05, 4.69) is 0 Å². The van der Waals surface area contributed by atoms with Gasteiger partial charge in [-0.05, 0) is 55.0 Å². The van der Waals surface area contributed by atoms with E-state index in [1.165, 1.54) is 5.56 Å². The molecule has 0 aromatic heterocycles. The molecule has 1 aromatic rings. The number of fused-ring (bicyclic) bond motifs is 1. The molecule has 96 valence electrons. The van der Waals surface area contributed by atoms with Gasteiger partial charge in [0.15, 0.2) is 0 Å². The van der Waals surface area contributed by atoms with Crippen LogP contribution in [0.1, 0.15) is 36.8 Å². The second-order valence-electron chi connectivity index (χ2n) is 4.50. The van der Waals surface area contributed by atoms with Gasteiger partial charge in [-0.25, -0.2) is 0 Å². The molecule has 0 fully saturated rings. The predicted octanol–water partition coefficient (Wildman–Crippen LogP) is 2.63. The number of hydrogen-bond acceptors (Lipinski definition) is 3. The Kier molecular flexibility index (Phi) is 3.97.